The molecule has 0 atom stereocenters. The van der Waals surface area contributed by atoms with Crippen LogP contribution in [-0.2, 0) is 4.79 Å². The first-order valence-electron chi connectivity index (χ1n) is 10.6. The maximum absolute atomic E-state index is 10.3. The summed E-state index contributed by atoms with van der Waals surface area (Å²) in [6.45, 7) is 2.24. The van der Waals surface area contributed by atoms with Crippen molar-refractivity contribution in [1.29, 1.82) is 0 Å². The molecule has 0 heterocycles. The standard InChI is InChI=1S/C24H40O2/c1-2-3-4-5-6-7-8-9-10-11-12-13-14-15-16-17-18-19-20-21-22-23-24(25)26/h6-7,9-10,12-13,15-16H,2-5,8,11,14,17-23H2,1H3,(H,25,26)/p-1/b7-6-,10-9-,13-12-,16-15-. The van der Waals surface area contributed by atoms with Gasteiger partial charge in [-0.2, -0.15) is 0 Å². The van der Waals surface area contributed by atoms with Crippen LogP contribution < -0.4 is 5.11 Å². The lowest BCUT2D eigenvalue weighted by Crippen LogP contribution is -2.21. The molecule has 0 aliphatic carbocycles. The smallest absolute Gasteiger partial charge is 0.0414 e. The lowest BCUT2D eigenvalue weighted by atomic mass is 10.1. The van der Waals surface area contributed by atoms with E-state index in [-0.39, 0.29) is 6.42 Å². The molecule has 0 amide bonds. The van der Waals surface area contributed by atoms with E-state index in [2.05, 4.69) is 55.5 Å². The number of carboxylic acids is 1. The van der Waals surface area contributed by atoms with Gasteiger partial charge in [0.2, 0.25) is 0 Å². The highest BCUT2D eigenvalue weighted by atomic mass is 16.4. The second-order valence-electron chi connectivity index (χ2n) is 6.77. The Labute approximate surface area is 161 Å². The third-order valence-corrected chi connectivity index (χ3v) is 4.21. The SMILES string of the molecule is CCCCC/C=C\C/C=C\C/C=C\C/C=C\CCCCCCCC(=O)[O-]. The molecular weight excluding hydrogens is 320 g/mol. The van der Waals surface area contributed by atoms with Crippen LogP contribution in [0.3, 0.4) is 0 Å². The van der Waals surface area contributed by atoms with Crippen LogP contribution in [0.15, 0.2) is 48.6 Å². The number of aliphatic carboxylic acids is 1. The number of hydrogen-bond donors (Lipinski definition) is 0. The van der Waals surface area contributed by atoms with Crippen LogP contribution in [-0.4, -0.2) is 5.97 Å². The molecule has 0 aliphatic heterocycles. The van der Waals surface area contributed by atoms with E-state index in [0.29, 0.717) is 0 Å². The summed E-state index contributed by atoms with van der Waals surface area (Å²) in [5, 5.41) is 10.3. The Balaban J connectivity index is 3.34. The Morgan fingerprint density at radius 3 is 1.54 bits per heavy atom. The summed E-state index contributed by atoms with van der Waals surface area (Å²) in [7, 11) is 0. The van der Waals surface area contributed by atoms with Crippen LogP contribution in [0.5, 0.6) is 0 Å². The Morgan fingerprint density at radius 1 is 0.615 bits per heavy atom. The first-order chi connectivity index (χ1) is 12.8. The van der Waals surface area contributed by atoms with E-state index in [4.69, 9.17) is 0 Å². The zero-order valence-electron chi connectivity index (χ0n) is 16.8. The van der Waals surface area contributed by atoms with Gasteiger partial charge >= 0.3 is 0 Å². The van der Waals surface area contributed by atoms with E-state index in [0.717, 1.165) is 44.9 Å². The average Bonchev–Trinajstić information content (AvgIpc) is 2.62. The largest absolute Gasteiger partial charge is 0.550 e. The Bertz CT molecular complexity index is 416. The van der Waals surface area contributed by atoms with Gasteiger partial charge in [-0.15, -0.1) is 0 Å². The molecule has 0 fully saturated rings. The first-order valence-corrected chi connectivity index (χ1v) is 10.6. The van der Waals surface area contributed by atoms with Crippen molar-refractivity contribution in [2.75, 3.05) is 0 Å². The quantitative estimate of drug-likeness (QED) is 0.209. The molecule has 0 aromatic carbocycles. The van der Waals surface area contributed by atoms with Gasteiger partial charge in [-0.3, -0.25) is 0 Å². The molecule has 0 aromatic heterocycles. The van der Waals surface area contributed by atoms with Gasteiger partial charge in [0.05, 0.1) is 0 Å². The molecule has 0 unspecified atom stereocenters. The van der Waals surface area contributed by atoms with Crippen LogP contribution in [0.1, 0.15) is 96.8 Å². The van der Waals surface area contributed by atoms with E-state index >= 15 is 0 Å². The van der Waals surface area contributed by atoms with Crippen molar-refractivity contribution in [2.24, 2.45) is 0 Å². The summed E-state index contributed by atoms with van der Waals surface area (Å²) < 4.78 is 0. The second kappa shape index (κ2) is 21.5. The molecule has 0 bridgehead atoms. The molecule has 0 saturated carbocycles. The van der Waals surface area contributed by atoms with E-state index in [1.165, 1.54) is 38.5 Å². The van der Waals surface area contributed by atoms with Gasteiger partial charge in [-0.05, 0) is 57.8 Å². The fourth-order valence-corrected chi connectivity index (χ4v) is 2.62. The highest BCUT2D eigenvalue weighted by Crippen LogP contribution is 2.07. The van der Waals surface area contributed by atoms with Gasteiger partial charge in [0.15, 0.2) is 0 Å². The molecular formula is C24H39O2-. The maximum atomic E-state index is 10.3. The summed E-state index contributed by atoms with van der Waals surface area (Å²) in [5.41, 5.74) is 0. The van der Waals surface area contributed by atoms with Gasteiger partial charge in [-0.25, -0.2) is 0 Å². The molecule has 148 valence electrons. The summed E-state index contributed by atoms with van der Waals surface area (Å²) in [6, 6.07) is 0. The zero-order chi connectivity index (χ0) is 19.1. The predicted octanol–water partition coefficient (Wildman–Crippen LogP) is 6.44. The molecule has 0 spiro atoms. The first kappa shape index (κ1) is 24.4. The summed E-state index contributed by atoms with van der Waals surface area (Å²) in [5.74, 6) is -0.925. The monoisotopic (exact) mass is 359 g/mol. The lowest BCUT2D eigenvalue weighted by Gasteiger charge is -2.01. The summed E-state index contributed by atoms with van der Waals surface area (Å²) >= 11 is 0. The minimum absolute atomic E-state index is 0.206. The fourth-order valence-electron chi connectivity index (χ4n) is 2.62. The maximum Gasteiger partial charge on any atom is 0.0414 e. The fraction of sp³-hybridized carbons (Fsp3) is 0.625. The Hall–Kier alpha value is -1.57. The average molecular weight is 360 g/mol. The van der Waals surface area contributed by atoms with E-state index in [9.17, 15) is 9.90 Å². The third kappa shape index (κ3) is 22.4. The molecule has 0 aromatic rings. The van der Waals surface area contributed by atoms with Crippen molar-refractivity contribution in [2.45, 2.75) is 96.8 Å². The molecule has 0 radical (unpaired) electrons. The second-order valence-corrected chi connectivity index (χ2v) is 6.77. The van der Waals surface area contributed by atoms with Crippen molar-refractivity contribution in [3.05, 3.63) is 48.6 Å². The molecule has 2 nitrogen and oxygen atoms in total. The highest BCUT2D eigenvalue weighted by molar-refractivity contribution is 5.64. The van der Waals surface area contributed by atoms with Crippen LogP contribution >= 0.6 is 0 Å². The van der Waals surface area contributed by atoms with Gasteiger partial charge in [0.25, 0.3) is 0 Å². The van der Waals surface area contributed by atoms with Crippen molar-refractivity contribution < 1.29 is 9.90 Å². The molecule has 0 saturated heterocycles. The van der Waals surface area contributed by atoms with Gasteiger partial charge in [0, 0.05) is 5.97 Å². The molecule has 0 N–H and O–H groups in total. The van der Waals surface area contributed by atoms with Crippen molar-refractivity contribution >= 4 is 5.97 Å². The number of carbonyl (C=O) groups is 1. The highest BCUT2D eigenvalue weighted by Gasteiger charge is 1.90. The van der Waals surface area contributed by atoms with E-state index in [1.54, 1.807) is 0 Å². The minimum Gasteiger partial charge on any atom is -0.550 e. The van der Waals surface area contributed by atoms with Gasteiger partial charge < -0.3 is 9.90 Å². The van der Waals surface area contributed by atoms with Crippen LogP contribution in [0, 0.1) is 0 Å². The molecule has 0 rings (SSSR count). The number of allylic oxidation sites excluding steroid dienone is 8. The van der Waals surface area contributed by atoms with Gasteiger partial charge in [-0.1, -0.05) is 87.6 Å². The van der Waals surface area contributed by atoms with Crippen LogP contribution in [0.25, 0.3) is 0 Å². The van der Waals surface area contributed by atoms with E-state index in [1.807, 2.05) is 0 Å². The van der Waals surface area contributed by atoms with Crippen LogP contribution in [0.2, 0.25) is 0 Å². The van der Waals surface area contributed by atoms with Gasteiger partial charge in [0.1, 0.15) is 0 Å². The van der Waals surface area contributed by atoms with Crippen molar-refractivity contribution in [3.63, 3.8) is 0 Å². The summed E-state index contributed by atoms with van der Waals surface area (Å²) in [4.78, 5) is 10.3. The summed E-state index contributed by atoms with van der Waals surface area (Å²) in [6.07, 6.45) is 32.8. The molecule has 2 heteroatoms. The Morgan fingerprint density at radius 2 is 1.04 bits per heavy atom. The topological polar surface area (TPSA) is 40.1 Å². The lowest BCUT2D eigenvalue weighted by molar-refractivity contribution is -0.305. The number of hydrogen-bond acceptors (Lipinski definition) is 2. The predicted molar refractivity (Wildman–Crippen MR) is 112 cm³/mol. The third-order valence-electron chi connectivity index (χ3n) is 4.21. The minimum atomic E-state index is -0.925. The van der Waals surface area contributed by atoms with Crippen molar-refractivity contribution in [3.8, 4) is 0 Å². The zero-order valence-corrected chi connectivity index (χ0v) is 16.8. The number of carboxylic acid groups (broad SMARTS) is 1. The van der Waals surface area contributed by atoms with E-state index < -0.39 is 5.97 Å². The number of unbranched alkanes of at least 4 members (excludes halogenated alkanes) is 8. The van der Waals surface area contributed by atoms with Crippen LogP contribution in [0.4, 0.5) is 0 Å². The molecule has 26 heavy (non-hydrogen) atoms. The number of carbonyl (C=O) groups excluding carboxylic acids is 1. The van der Waals surface area contributed by atoms with Crippen molar-refractivity contribution in [1.82, 2.24) is 0 Å². The Kier molecular flexibility index (Phi) is 20.2. The normalized spacial score (nSPS) is 12.3. The molecule has 0 aliphatic rings. The number of rotatable bonds is 18.